The fourth-order valence-electron chi connectivity index (χ4n) is 2.86. The van der Waals surface area contributed by atoms with Gasteiger partial charge >= 0.3 is 5.97 Å². The first-order chi connectivity index (χ1) is 6.94. The lowest BCUT2D eigenvalue weighted by atomic mass is 9.80. The number of ether oxygens (including phenoxy) is 1. The Kier molecular flexibility index (Phi) is 2.53. The molecule has 2 fully saturated rings. The smallest absolute Gasteiger partial charge is 0.314 e. The van der Waals surface area contributed by atoms with E-state index >= 15 is 0 Å². The maximum Gasteiger partial charge on any atom is 0.314 e. The molecule has 1 saturated carbocycles. The summed E-state index contributed by atoms with van der Waals surface area (Å²) in [6, 6.07) is 0. The third-order valence-electron chi connectivity index (χ3n) is 3.59. The summed E-state index contributed by atoms with van der Waals surface area (Å²) < 4.78 is 5.55. The molecule has 15 heavy (non-hydrogen) atoms. The van der Waals surface area contributed by atoms with Crippen molar-refractivity contribution >= 4 is 5.97 Å². The van der Waals surface area contributed by atoms with Crippen molar-refractivity contribution in [3.8, 4) is 0 Å². The second-order valence-corrected chi connectivity index (χ2v) is 5.88. The van der Waals surface area contributed by atoms with Crippen LogP contribution in [0.25, 0.3) is 0 Å². The Balaban J connectivity index is 2.11. The summed E-state index contributed by atoms with van der Waals surface area (Å²) in [6.45, 7) is 7.61. The largest absolute Gasteiger partial charge is 0.459 e. The van der Waals surface area contributed by atoms with Crippen LogP contribution < -0.4 is 5.32 Å². The number of nitrogens with one attached hydrogen (secondary N) is 1. The summed E-state index contributed by atoms with van der Waals surface area (Å²) in [5.41, 5.74) is -0.561. The Hall–Kier alpha value is -0.570. The number of hydrogen-bond acceptors (Lipinski definition) is 3. The summed E-state index contributed by atoms with van der Waals surface area (Å²) in [4.78, 5) is 12.2. The minimum Gasteiger partial charge on any atom is -0.459 e. The third kappa shape index (κ3) is 1.89. The Morgan fingerprint density at radius 3 is 2.87 bits per heavy atom. The quantitative estimate of drug-likeness (QED) is 0.671. The average molecular weight is 211 g/mol. The molecule has 2 aliphatic rings. The van der Waals surface area contributed by atoms with Gasteiger partial charge in [-0.2, -0.15) is 0 Å². The molecule has 0 amide bonds. The van der Waals surface area contributed by atoms with E-state index in [0.29, 0.717) is 5.92 Å². The van der Waals surface area contributed by atoms with Crippen molar-refractivity contribution in [3.05, 3.63) is 0 Å². The van der Waals surface area contributed by atoms with Gasteiger partial charge in [0.2, 0.25) is 0 Å². The van der Waals surface area contributed by atoms with Crippen LogP contribution in [-0.4, -0.2) is 24.7 Å². The van der Waals surface area contributed by atoms with Crippen molar-refractivity contribution < 1.29 is 9.53 Å². The molecule has 3 nitrogen and oxygen atoms in total. The molecular weight excluding hydrogens is 190 g/mol. The minimum absolute atomic E-state index is 0.0162. The zero-order valence-electron chi connectivity index (χ0n) is 9.93. The highest BCUT2D eigenvalue weighted by Gasteiger charge is 2.53. The highest BCUT2D eigenvalue weighted by molar-refractivity contribution is 5.79. The van der Waals surface area contributed by atoms with Crippen LogP contribution in [0.5, 0.6) is 0 Å². The predicted octanol–water partition coefficient (Wildman–Crippen LogP) is 1.72. The van der Waals surface area contributed by atoms with Gasteiger partial charge in [0.25, 0.3) is 0 Å². The zero-order chi connectivity index (χ0) is 11.1. The number of hydrogen-bond donors (Lipinski definition) is 1. The summed E-state index contributed by atoms with van der Waals surface area (Å²) in [6.07, 6.45) is 3.34. The van der Waals surface area contributed by atoms with Crippen LogP contribution in [0.15, 0.2) is 0 Å². The minimum atomic E-state index is -0.360. The summed E-state index contributed by atoms with van der Waals surface area (Å²) >= 11 is 0. The normalized spacial score (nSPS) is 35.3. The Morgan fingerprint density at radius 2 is 2.20 bits per heavy atom. The van der Waals surface area contributed by atoms with E-state index in [4.69, 9.17) is 4.74 Å². The van der Waals surface area contributed by atoms with Gasteiger partial charge in [-0.3, -0.25) is 4.79 Å². The molecule has 0 radical (unpaired) electrons. The highest BCUT2D eigenvalue weighted by atomic mass is 16.6. The standard InChI is InChI=1S/C12H21NO2/c1-11(2,3)15-10(14)12-6-4-5-9(12)7-13-8-12/h9,13H,4-8H2,1-3H3/t9-,12+/m1/s1. The first-order valence-corrected chi connectivity index (χ1v) is 5.88. The van der Waals surface area contributed by atoms with Gasteiger partial charge in [0.15, 0.2) is 0 Å². The van der Waals surface area contributed by atoms with E-state index in [9.17, 15) is 4.79 Å². The first kappa shape index (κ1) is 10.9. The topological polar surface area (TPSA) is 38.3 Å². The Labute approximate surface area is 91.6 Å². The molecule has 0 spiro atoms. The number of rotatable bonds is 1. The molecule has 0 aromatic carbocycles. The van der Waals surface area contributed by atoms with Gasteiger partial charge in [-0.05, 0) is 46.1 Å². The van der Waals surface area contributed by atoms with Gasteiger partial charge in [0, 0.05) is 6.54 Å². The van der Waals surface area contributed by atoms with E-state index < -0.39 is 0 Å². The van der Waals surface area contributed by atoms with Crippen molar-refractivity contribution in [1.82, 2.24) is 5.32 Å². The molecule has 0 unspecified atom stereocenters. The average Bonchev–Trinajstić information content (AvgIpc) is 2.55. The maximum atomic E-state index is 12.2. The zero-order valence-corrected chi connectivity index (χ0v) is 9.93. The first-order valence-electron chi connectivity index (χ1n) is 5.88. The maximum absolute atomic E-state index is 12.2. The van der Waals surface area contributed by atoms with Crippen LogP contribution >= 0.6 is 0 Å². The van der Waals surface area contributed by atoms with E-state index in [1.54, 1.807) is 0 Å². The third-order valence-corrected chi connectivity index (χ3v) is 3.59. The monoisotopic (exact) mass is 211 g/mol. The summed E-state index contributed by atoms with van der Waals surface area (Å²) in [7, 11) is 0. The lowest BCUT2D eigenvalue weighted by Crippen LogP contribution is -2.40. The van der Waals surface area contributed by atoms with E-state index in [1.165, 1.54) is 12.8 Å². The number of esters is 1. The van der Waals surface area contributed by atoms with Gasteiger partial charge in [-0.25, -0.2) is 0 Å². The molecule has 1 aliphatic carbocycles. The van der Waals surface area contributed by atoms with Crippen molar-refractivity contribution in [2.45, 2.75) is 45.6 Å². The highest BCUT2D eigenvalue weighted by Crippen LogP contribution is 2.47. The summed E-state index contributed by atoms with van der Waals surface area (Å²) in [5.74, 6) is 0.523. The van der Waals surface area contributed by atoms with Crippen LogP contribution in [0.4, 0.5) is 0 Å². The second kappa shape index (κ2) is 3.48. The fraction of sp³-hybridized carbons (Fsp3) is 0.917. The van der Waals surface area contributed by atoms with E-state index in [2.05, 4.69) is 5.32 Å². The molecule has 1 N–H and O–H groups in total. The Bertz CT molecular complexity index is 257. The SMILES string of the molecule is CC(C)(C)OC(=O)[C@]12CCC[C@@H]1CNC2. The number of carbonyl (C=O) groups excluding carboxylic acids is 1. The molecule has 2 rings (SSSR count). The number of fused-ring (bicyclic) bond motifs is 1. The van der Waals surface area contributed by atoms with Crippen molar-refractivity contribution in [3.63, 3.8) is 0 Å². The fourth-order valence-corrected chi connectivity index (χ4v) is 2.86. The lowest BCUT2D eigenvalue weighted by molar-refractivity contribution is -0.168. The van der Waals surface area contributed by atoms with E-state index in [0.717, 1.165) is 19.5 Å². The van der Waals surface area contributed by atoms with Gasteiger partial charge in [0.05, 0.1) is 5.41 Å². The molecule has 1 heterocycles. The number of carbonyl (C=O) groups is 1. The molecule has 0 bridgehead atoms. The molecule has 86 valence electrons. The van der Waals surface area contributed by atoms with Crippen LogP contribution in [0.2, 0.25) is 0 Å². The van der Waals surface area contributed by atoms with Crippen molar-refractivity contribution in [1.29, 1.82) is 0 Å². The van der Waals surface area contributed by atoms with Crippen LogP contribution in [0.1, 0.15) is 40.0 Å². The van der Waals surface area contributed by atoms with Crippen molar-refractivity contribution in [2.75, 3.05) is 13.1 Å². The van der Waals surface area contributed by atoms with Gasteiger partial charge in [-0.1, -0.05) is 6.42 Å². The van der Waals surface area contributed by atoms with E-state index in [-0.39, 0.29) is 17.0 Å². The van der Waals surface area contributed by atoms with Crippen molar-refractivity contribution in [2.24, 2.45) is 11.3 Å². The molecule has 3 heteroatoms. The van der Waals surface area contributed by atoms with Crippen LogP contribution in [0, 0.1) is 11.3 Å². The van der Waals surface area contributed by atoms with Gasteiger partial charge in [-0.15, -0.1) is 0 Å². The second-order valence-electron chi connectivity index (χ2n) is 5.88. The molecule has 2 atom stereocenters. The predicted molar refractivity (Wildman–Crippen MR) is 58.5 cm³/mol. The van der Waals surface area contributed by atoms with Crippen LogP contribution in [-0.2, 0) is 9.53 Å². The molecular formula is C12H21NO2. The molecule has 1 aliphatic heterocycles. The summed E-state index contributed by atoms with van der Waals surface area (Å²) in [5, 5.41) is 3.33. The molecule has 0 aromatic rings. The Morgan fingerprint density at radius 1 is 1.47 bits per heavy atom. The van der Waals surface area contributed by atoms with Crippen LogP contribution in [0.3, 0.4) is 0 Å². The van der Waals surface area contributed by atoms with Gasteiger partial charge < -0.3 is 10.1 Å². The molecule has 1 saturated heterocycles. The van der Waals surface area contributed by atoms with Gasteiger partial charge in [0.1, 0.15) is 5.60 Å². The van der Waals surface area contributed by atoms with E-state index in [1.807, 2.05) is 20.8 Å². The molecule has 0 aromatic heterocycles. The lowest BCUT2D eigenvalue weighted by Gasteiger charge is -2.30.